The standard InChI is InChI=1S/C33H43FN2O5S/c1-7-28-21-36(42(38,39)31-12-10-9-11-30(31)41-28)20-25-16-24(14-13-22(25)3)29(18-32(37)40-8-2)33-23(4)15-27(34)17-26(33)19-35(5)6/h9-17,28-29,38-39H,7-8,18-21H2,1-6H3. The average Bonchev–Trinajstić information content (AvgIpc) is 3.02. The summed E-state index contributed by atoms with van der Waals surface area (Å²) in [5, 5.41) is 0. The summed E-state index contributed by atoms with van der Waals surface area (Å²) in [4.78, 5) is 15.3. The van der Waals surface area contributed by atoms with Crippen LogP contribution in [0.4, 0.5) is 4.39 Å². The molecule has 3 aromatic carbocycles. The van der Waals surface area contributed by atoms with E-state index in [0.29, 0.717) is 30.2 Å². The molecule has 42 heavy (non-hydrogen) atoms. The first-order valence-corrected chi connectivity index (χ1v) is 15.9. The third-order valence-corrected chi connectivity index (χ3v) is 9.66. The number of halogens is 1. The number of aryl methyl sites for hydroxylation is 2. The lowest BCUT2D eigenvalue weighted by molar-refractivity contribution is -0.143. The Hall–Kier alpha value is -2.95. The van der Waals surface area contributed by atoms with Crippen LogP contribution in [0.1, 0.15) is 66.0 Å². The molecule has 0 bridgehead atoms. The number of esters is 1. The Morgan fingerprint density at radius 3 is 2.52 bits per heavy atom. The highest BCUT2D eigenvalue weighted by molar-refractivity contribution is 8.22. The summed E-state index contributed by atoms with van der Waals surface area (Å²) in [7, 11) is 0.526. The number of hydrogen-bond acceptors (Lipinski definition) is 7. The first-order chi connectivity index (χ1) is 19.9. The number of nitrogens with zero attached hydrogens (tertiary/aromatic N) is 2. The average molecular weight is 599 g/mol. The number of benzene rings is 3. The Morgan fingerprint density at radius 2 is 1.83 bits per heavy atom. The summed E-state index contributed by atoms with van der Waals surface area (Å²) < 4.78 is 50.9. The number of fused-ring (bicyclic) bond motifs is 1. The molecule has 1 heterocycles. The fraction of sp³-hybridized carbons (Fsp3) is 0.424. The zero-order valence-electron chi connectivity index (χ0n) is 25.4. The summed E-state index contributed by atoms with van der Waals surface area (Å²) in [6.45, 7) is 9.06. The van der Waals surface area contributed by atoms with Crippen molar-refractivity contribution >= 4 is 16.7 Å². The molecule has 0 aromatic heterocycles. The van der Waals surface area contributed by atoms with Crippen molar-refractivity contribution in [2.75, 3.05) is 27.2 Å². The number of para-hydroxylation sites is 1. The fourth-order valence-corrected chi connectivity index (χ4v) is 7.28. The molecule has 0 radical (unpaired) electrons. The van der Waals surface area contributed by atoms with Crippen LogP contribution in [-0.2, 0) is 22.6 Å². The van der Waals surface area contributed by atoms with E-state index in [1.165, 1.54) is 6.07 Å². The highest BCUT2D eigenvalue weighted by atomic mass is 32.3. The van der Waals surface area contributed by atoms with E-state index in [0.717, 1.165) is 33.4 Å². The topological polar surface area (TPSA) is 82.5 Å². The zero-order valence-corrected chi connectivity index (χ0v) is 26.2. The number of rotatable bonds is 10. The molecule has 0 saturated carbocycles. The Kier molecular flexibility index (Phi) is 10.3. The predicted molar refractivity (Wildman–Crippen MR) is 165 cm³/mol. The molecule has 2 N–H and O–H groups in total. The Labute approximate surface area is 250 Å². The van der Waals surface area contributed by atoms with E-state index in [2.05, 4.69) is 0 Å². The van der Waals surface area contributed by atoms with Crippen LogP contribution >= 0.6 is 10.8 Å². The summed E-state index contributed by atoms with van der Waals surface area (Å²) in [6, 6.07) is 16.2. The van der Waals surface area contributed by atoms with Crippen molar-refractivity contribution in [2.24, 2.45) is 0 Å². The van der Waals surface area contributed by atoms with Crippen LogP contribution in [0.15, 0.2) is 59.5 Å². The first kappa shape index (κ1) is 32.0. The maximum atomic E-state index is 14.6. The minimum atomic E-state index is -3.33. The van der Waals surface area contributed by atoms with Crippen LogP contribution in [0, 0.1) is 19.7 Å². The summed E-state index contributed by atoms with van der Waals surface area (Å²) in [5.74, 6) is -0.528. The molecule has 1 aliphatic heterocycles. The fourth-order valence-electron chi connectivity index (χ4n) is 5.66. The zero-order chi connectivity index (χ0) is 30.6. The SMILES string of the molecule is CCOC(=O)CC(c1ccc(C)c(CN2CC(CC)Oc3ccccc3S2(O)O)c1)c1c(C)cc(F)cc1CN(C)C. The van der Waals surface area contributed by atoms with Gasteiger partial charge in [-0.1, -0.05) is 37.3 Å². The van der Waals surface area contributed by atoms with E-state index < -0.39 is 10.8 Å². The molecule has 3 aromatic rings. The van der Waals surface area contributed by atoms with Gasteiger partial charge in [0.2, 0.25) is 0 Å². The second kappa shape index (κ2) is 13.6. The Balaban J connectivity index is 1.79. The van der Waals surface area contributed by atoms with Crippen molar-refractivity contribution in [3.8, 4) is 5.75 Å². The van der Waals surface area contributed by atoms with Crippen molar-refractivity contribution in [3.05, 3.63) is 93.8 Å². The molecule has 228 valence electrons. The van der Waals surface area contributed by atoms with Gasteiger partial charge in [0.05, 0.1) is 19.6 Å². The molecule has 7 nitrogen and oxygen atoms in total. The molecule has 0 aliphatic carbocycles. The van der Waals surface area contributed by atoms with Crippen LogP contribution in [-0.4, -0.2) is 57.6 Å². The lowest BCUT2D eigenvalue weighted by Gasteiger charge is -2.42. The second-order valence-electron chi connectivity index (χ2n) is 11.2. The molecule has 0 spiro atoms. The summed E-state index contributed by atoms with van der Waals surface area (Å²) in [6.07, 6.45) is 0.594. The van der Waals surface area contributed by atoms with E-state index in [1.807, 2.05) is 64.0 Å². The van der Waals surface area contributed by atoms with Gasteiger partial charge in [-0.05, 0) is 98.9 Å². The van der Waals surface area contributed by atoms with E-state index in [1.54, 1.807) is 35.5 Å². The van der Waals surface area contributed by atoms with E-state index >= 15 is 0 Å². The highest BCUT2D eigenvalue weighted by Gasteiger charge is 2.35. The minimum absolute atomic E-state index is 0.0985. The summed E-state index contributed by atoms with van der Waals surface area (Å²) >= 11 is 0. The molecular formula is C33H43FN2O5S. The van der Waals surface area contributed by atoms with Gasteiger partial charge < -0.3 is 14.4 Å². The molecule has 2 atom stereocenters. The third-order valence-electron chi connectivity index (χ3n) is 7.73. The van der Waals surface area contributed by atoms with E-state index in [4.69, 9.17) is 9.47 Å². The molecule has 0 amide bonds. The van der Waals surface area contributed by atoms with Gasteiger partial charge in [-0.25, -0.2) is 4.39 Å². The number of ether oxygens (including phenoxy) is 2. The van der Waals surface area contributed by atoms with Crippen molar-refractivity contribution in [3.63, 3.8) is 0 Å². The van der Waals surface area contributed by atoms with Crippen molar-refractivity contribution in [1.82, 2.24) is 9.21 Å². The van der Waals surface area contributed by atoms with Crippen LogP contribution in [0.5, 0.6) is 5.75 Å². The summed E-state index contributed by atoms with van der Waals surface area (Å²) in [5.41, 5.74) is 5.26. The van der Waals surface area contributed by atoms with Gasteiger partial charge in [0.25, 0.3) is 0 Å². The van der Waals surface area contributed by atoms with Crippen molar-refractivity contribution in [2.45, 2.75) is 70.5 Å². The predicted octanol–water partition coefficient (Wildman–Crippen LogP) is 7.29. The minimum Gasteiger partial charge on any atom is -0.487 e. The largest absolute Gasteiger partial charge is 0.487 e. The lowest BCUT2D eigenvalue weighted by atomic mass is 9.82. The van der Waals surface area contributed by atoms with Gasteiger partial charge in [-0.3, -0.25) is 13.9 Å². The van der Waals surface area contributed by atoms with Gasteiger partial charge >= 0.3 is 5.97 Å². The van der Waals surface area contributed by atoms with Gasteiger partial charge in [0.1, 0.15) is 22.6 Å². The van der Waals surface area contributed by atoms with Gasteiger partial charge in [0, 0.05) is 19.0 Å². The second-order valence-corrected chi connectivity index (χ2v) is 13.2. The van der Waals surface area contributed by atoms with Crippen molar-refractivity contribution < 1.29 is 27.8 Å². The monoisotopic (exact) mass is 598 g/mol. The van der Waals surface area contributed by atoms with Gasteiger partial charge in [-0.2, -0.15) is 4.31 Å². The maximum Gasteiger partial charge on any atom is 0.306 e. The number of carbonyl (C=O) groups excluding carboxylic acids is 1. The van der Waals surface area contributed by atoms with Crippen LogP contribution in [0.25, 0.3) is 0 Å². The lowest BCUT2D eigenvalue weighted by Crippen LogP contribution is -2.34. The molecule has 2 unspecified atom stereocenters. The molecule has 4 rings (SSSR count). The van der Waals surface area contributed by atoms with Crippen LogP contribution in [0.3, 0.4) is 0 Å². The number of carbonyl (C=O) groups is 1. The highest BCUT2D eigenvalue weighted by Crippen LogP contribution is 2.57. The van der Waals surface area contributed by atoms with E-state index in [9.17, 15) is 18.3 Å². The van der Waals surface area contributed by atoms with Crippen molar-refractivity contribution in [1.29, 1.82) is 0 Å². The number of hydrogen-bond donors (Lipinski definition) is 2. The first-order valence-electron chi connectivity index (χ1n) is 14.4. The molecular weight excluding hydrogens is 555 g/mol. The Morgan fingerprint density at radius 1 is 1.10 bits per heavy atom. The smallest absolute Gasteiger partial charge is 0.306 e. The molecule has 1 aliphatic rings. The molecule has 9 heteroatoms. The Bertz CT molecular complexity index is 1410. The molecule has 0 fully saturated rings. The molecule has 0 saturated heterocycles. The van der Waals surface area contributed by atoms with Gasteiger partial charge in [-0.15, -0.1) is 10.8 Å². The maximum absolute atomic E-state index is 14.6. The van der Waals surface area contributed by atoms with Crippen LogP contribution < -0.4 is 4.74 Å². The van der Waals surface area contributed by atoms with Crippen LogP contribution in [0.2, 0.25) is 0 Å². The van der Waals surface area contributed by atoms with Gasteiger partial charge in [0.15, 0.2) is 0 Å². The van der Waals surface area contributed by atoms with E-state index in [-0.39, 0.29) is 43.4 Å². The normalized spacial score (nSPS) is 18.1. The third kappa shape index (κ3) is 7.15. The quantitative estimate of drug-likeness (QED) is 0.237.